The molecule has 0 rings (SSSR count). The van der Waals surface area contributed by atoms with Crippen molar-refractivity contribution in [3.63, 3.8) is 0 Å². The Kier molecular flexibility index (Phi) is 11.8. The molecule has 0 bridgehead atoms. The van der Waals surface area contributed by atoms with Crippen LogP contribution >= 0.6 is 0 Å². The smallest absolute Gasteiger partial charge is 0.323 e. The highest BCUT2D eigenvalue weighted by molar-refractivity contribution is 5.99. The van der Waals surface area contributed by atoms with Gasteiger partial charge in [0.15, 0.2) is 5.41 Å². The zero-order chi connectivity index (χ0) is 17.7. The van der Waals surface area contributed by atoms with E-state index in [9.17, 15) is 9.59 Å². The minimum atomic E-state index is -1.14. The Morgan fingerprint density at radius 2 is 1.43 bits per heavy atom. The van der Waals surface area contributed by atoms with Gasteiger partial charge in [-0.2, -0.15) is 0 Å². The number of carbonyl (C=O) groups excluding carboxylic acids is 2. The molecule has 0 aromatic heterocycles. The van der Waals surface area contributed by atoms with Gasteiger partial charge in [-0.05, 0) is 31.6 Å². The standard InChI is InChI=1S/C19H36O4/c1-6-10-11-12-14-22-17(20)19(8-3,9-4)18(21)23-15-13-16(5)7-2/h16H,6-15H2,1-5H3. The lowest BCUT2D eigenvalue weighted by Gasteiger charge is -2.27. The van der Waals surface area contributed by atoms with E-state index in [1.165, 1.54) is 0 Å². The molecule has 136 valence electrons. The van der Waals surface area contributed by atoms with E-state index in [0.29, 0.717) is 32.0 Å². The van der Waals surface area contributed by atoms with Crippen LogP contribution in [-0.4, -0.2) is 25.2 Å². The van der Waals surface area contributed by atoms with Gasteiger partial charge in [-0.3, -0.25) is 9.59 Å². The molecule has 0 heterocycles. The van der Waals surface area contributed by atoms with Gasteiger partial charge in [0.25, 0.3) is 0 Å². The summed E-state index contributed by atoms with van der Waals surface area (Å²) in [4.78, 5) is 24.9. The lowest BCUT2D eigenvalue weighted by Crippen LogP contribution is -2.41. The van der Waals surface area contributed by atoms with Gasteiger partial charge in [0, 0.05) is 0 Å². The van der Waals surface area contributed by atoms with Crippen molar-refractivity contribution in [1.82, 2.24) is 0 Å². The van der Waals surface area contributed by atoms with E-state index < -0.39 is 17.4 Å². The zero-order valence-corrected chi connectivity index (χ0v) is 15.8. The summed E-state index contributed by atoms with van der Waals surface area (Å²) in [6.07, 6.45) is 6.91. The quantitative estimate of drug-likeness (QED) is 0.274. The number of carbonyl (C=O) groups is 2. The van der Waals surface area contributed by atoms with Crippen LogP contribution < -0.4 is 0 Å². The Labute approximate surface area is 142 Å². The molecule has 0 aliphatic heterocycles. The molecular weight excluding hydrogens is 292 g/mol. The van der Waals surface area contributed by atoms with E-state index in [-0.39, 0.29) is 0 Å². The van der Waals surface area contributed by atoms with Crippen LogP contribution in [0.15, 0.2) is 0 Å². The van der Waals surface area contributed by atoms with Crippen molar-refractivity contribution in [3.8, 4) is 0 Å². The molecule has 0 aromatic rings. The fourth-order valence-electron chi connectivity index (χ4n) is 2.44. The van der Waals surface area contributed by atoms with E-state index in [1.54, 1.807) is 0 Å². The molecule has 0 radical (unpaired) electrons. The van der Waals surface area contributed by atoms with Crippen molar-refractivity contribution in [2.45, 2.75) is 86.0 Å². The Morgan fingerprint density at radius 1 is 0.870 bits per heavy atom. The minimum absolute atomic E-state index is 0.374. The summed E-state index contributed by atoms with van der Waals surface area (Å²) in [7, 11) is 0. The first kappa shape index (κ1) is 21.9. The number of esters is 2. The Bertz CT molecular complexity index is 334. The van der Waals surface area contributed by atoms with Gasteiger partial charge in [0.05, 0.1) is 13.2 Å². The van der Waals surface area contributed by atoms with Crippen LogP contribution in [-0.2, 0) is 19.1 Å². The van der Waals surface area contributed by atoms with Crippen LogP contribution in [0.3, 0.4) is 0 Å². The van der Waals surface area contributed by atoms with E-state index in [1.807, 2.05) is 13.8 Å². The van der Waals surface area contributed by atoms with Crippen molar-refractivity contribution in [2.75, 3.05) is 13.2 Å². The Hall–Kier alpha value is -1.06. The first-order valence-electron chi connectivity index (χ1n) is 9.32. The molecule has 0 saturated heterocycles. The molecule has 0 spiro atoms. The minimum Gasteiger partial charge on any atom is -0.465 e. The lowest BCUT2D eigenvalue weighted by atomic mass is 9.82. The molecule has 0 aromatic carbocycles. The van der Waals surface area contributed by atoms with Gasteiger partial charge in [-0.1, -0.05) is 60.3 Å². The average molecular weight is 328 g/mol. The summed E-state index contributed by atoms with van der Waals surface area (Å²) in [6, 6.07) is 0. The summed E-state index contributed by atoms with van der Waals surface area (Å²) in [5, 5.41) is 0. The maximum Gasteiger partial charge on any atom is 0.323 e. The Balaban J connectivity index is 4.51. The van der Waals surface area contributed by atoms with Gasteiger partial charge >= 0.3 is 11.9 Å². The maximum atomic E-state index is 12.5. The van der Waals surface area contributed by atoms with E-state index in [0.717, 1.165) is 38.5 Å². The van der Waals surface area contributed by atoms with Gasteiger partial charge in [-0.15, -0.1) is 0 Å². The molecule has 1 unspecified atom stereocenters. The second-order valence-corrected chi connectivity index (χ2v) is 6.42. The number of ether oxygens (including phenoxy) is 2. The van der Waals surface area contributed by atoms with Crippen molar-refractivity contribution < 1.29 is 19.1 Å². The second-order valence-electron chi connectivity index (χ2n) is 6.42. The summed E-state index contributed by atoms with van der Waals surface area (Å²) in [6.45, 7) is 10.8. The number of hydrogen-bond donors (Lipinski definition) is 0. The largest absolute Gasteiger partial charge is 0.465 e. The lowest BCUT2D eigenvalue weighted by molar-refractivity contribution is -0.173. The molecule has 23 heavy (non-hydrogen) atoms. The van der Waals surface area contributed by atoms with Gasteiger partial charge < -0.3 is 9.47 Å². The third kappa shape index (κ3) is 7.36. The normalized spacial score (nSPS) is 12.7. The second kappa shape index (κ2) is 12.4. The van der Waals surface area contributed by atoms with Crippen molar-refractivity contribution in [1.29, 1.82) is 0 Å². The first-order valence-corrected chi connectivity index (χ1v) is 9.32. The monoisotopic (exact) mass is 328 g/mol. The first-order chi connectivity index (χ1) is 11.0. The van der Waals surface area contributed by atoms with Crippen LogP contribution in [0.5, 0.6) is 0 Å². The highest BCUT2D eigenvalue weighted by Crippen LogP contribution is 2.30. The third-order valence-corrected chi connectivity index (χ3v) is 4.76. The van der Waals surface area contributed by atoms with E-state index in [4.69, 9.17) is 9.47 Å². The summed E-state index contributed by atoms with van der Waals surface area (Å²) >= 11 is 0. The summed E-state index contributed by atoms with van der Waals surface area (Å²) < 4.78 is 10.8. The molecular formula is C19H36O4. The SMILES string of the molecule is CCCCCCOC(=O)C(CC)(CC)C(=O)OCCC(C)CC. The maximum absolute atomic E-state index is 12.5. The molecule has 0 amide bonds. The number of hydrogen-bond acceptors (Lipinski definition) is 4. The van der Waals surface area contributed by atoms with Crippen molar-refractivity contribution in [2.24, 2.45) is 11.3 Å². The highest BCUT2D eigenvalue weighted by atomic mass is 16.6. The molecule has 0 N–H and O–H groups in total. The van der Waals surface area contributed by atoms with Crippen LogP contribution in [0.1, 0.15) is 86.0 Å². The average Bonchev–Trinajstić information content (AvgIpc) is 2.56. The van der Waals surface area contributed by atoms with E-state index >= 15 is 0 Å². The van der Waals surface area contributed by atoms with Gasteiger partial charge in [-0.25, -0.2) is 0 Å². The fourth-order valence-corrected chi connectivity index (χ4v) is 2.44. The zero-order valence-electron chi connectivity index (χ0n) is 15.8. The predicted octanol–water partition coefficient (Wildman–Crippen LogP) is 4.90. The summed E-state index contributed by atoms with van der Waals surface area (Å²) in [5.74, 6) is -0.331. The molecule has 4 nitrogen and oxygen atoms in total. The highest BCUT2D eigenvalue weighted by Gasteiger charge is 2.45. The number of rotatable bonds is 13. The van der Waals surface area contributed by atoms with Crippen molar-refractivity contribution >= 4 is 11.9 Å². The fraction of sp³-hybridized carbons (Fsp3) is 0.895. The molecule has 0 aliphatic rings. The van der Waals surface area contributed by atoms with Crippen LogP contribution in [0.4, 0.5) is 0 Å². The summed E-state index contributed by atoms with van der Waals surface area (Å²) in [5.41, 5.74) is -1.14. The topological polar surface area (TPSA) is 52.6 Å². The predicted molar refractivity (Wildman–Crippen MR) is 93.1 cm³/mol. The van der Waals surface area contributed by atoms with Gasteiger partial charge in [0.1, 0.15) is 0 Å². The third-order valence-electron chi connectivity index (χ3n) is 4.76. The van der Waals surface area contributed by atoms with Gasteiger partial charge in [0.2, 0.25) is 0 Å². The molecule has 4 heteroatoms. The van der Waals surface area contributed by atoms with E-state index in [2.05, 4.69) is 20.8 Å². The molecule has 0 saturated carbocycles. The van der Waals surface area contributed by atoms with Crippen LogP contribution in [0, 0.1) is 11.3 Å². The number of unbranched alkanes of at least 4 members (excludes halogenated alkanes) is 3. The van der Waals surface area contributed by atoms with Crippen LogP contribution in [0.2, 0.25) is 0 Å². The van der Waals surface area contributed by atoms with Crippen LogP contribution in [0.25, 0.3) is 0 Å². The molecule has 0 aliphatic carbocycles. The molecule has 1 atom stereocenters. The Morgan fingerprint density at radius 3 is 1.91 bits per heavy atom. The van der Waals surface area contributed by atoms with Crippen molar-refractivity contribution in [3.05, 3.63) is 0 Å². The molecule has 0 fully saturated rings.